The lowest BCUT2D eigenvalue weighted by molar-refractivity contribution is 0.0864. The molecule has 13 heavy (non-hydrogen) atoms. The summed E-state index contributed by atoms with van der Waals surface area (Å²) in [5, 5.41) is 3.71. The van der Waals surface area contributed by atoms with Gasteiger partial charge in [-0.1, -0.05) is 12.1 Å². The Morgan fingerprint density at radius 2 is 2.54 bits per heavy atom. The molecule has 2 rings (SSSR count). The molecule has 0 bridgehead atoms. The van der Waals surface area contributed by atoms with Crippen molar-refractivity contribution in [3.8, 4) is 0 Å². The van der Waals surface area contributed by atoms with E-state index in [9.17, 15) is 4.79 Å². The van der Waals surface area contributed by atoms with Crippen LogP contribution in [0.5, 0.6) is 0 Å². The quantitative estimate of drug-likeness (QED) is 0.775. The van der Waals surface area contributed by atoms with Crippen LogP contribution in [0.15, 0.2) is 29.8 Å². The fraction of sp³-hybridized carbons (Fsp3) is 0.222. The molecule has 0 aromatic carbocycles. The van der Waals surface area contributed by atoms with Gasteiger partial charge in [0.15, 0.2) is 0 Å². The summed E-state index contributed by atoms with van der Waals surface area (Å²) >= 11 is 1.45. The zero-order valence-electron chi connectivity index (χ0n) is 7.06. The highest BCUT2D eigenvalue weighted by molar-refractivity contribution is 7.12. The van der Waals surface area contributed by atoms with Crippen LogP contribution in [0, 0.1) is 0 Å². The molecule has 1 aliphatic rings. The van der Waals surface area contributed by atoms with Gasteiger partial charge >= 0.3 is 0 Å². The highest BCUT2D eigenvalue weighted by Gasteiger charge is 2.10. The molecular formula is C9H10N2OS. The van der Waals surface area contributed by atoms with Crippen LogP contribution in [-0.2, 0) is 0 Å². The Balaban J connectivity index is 1.95. The summed E-state index contributed by atoms with van der Waals surface area (Å²) in [6.45, 7) is 0.872. The van der Waals surface area contributed by atoms with Crippen LogP contribution in [0.3, 0.4) is 0 Å². The lowest BCUT2D eigenvalue weighted by Crippen LogP contribution is -2.36. The van der Waals surface area contributed by atoms with Crippen LogP contribution >= 0.6 is 11.3 Å². The fourth-order valence-electron chi connectivity index (χ4n) is 1.18. The van der Waals surface area contributed by atoms with Gasteiger partial charge in [0, 0.05) is 12.7 Å². The minimum absolute atomic E-state index is 0.0263. The molecule has 3 nitrogen and oxygen atoms in total. The summed E-state index contributed by atoms with van der Waals surface area (Å²) < 4.78 is 0. The van der Waals surface area contributed by atoms with Gasteiger partial charge < -0.3 is 0 Å². The van der Waals surface area contributed by atoms with Gasteiger partial charge in [0.1, 0.15) is 0 Å². The highest BCUT2D eigenvalue weighted by atomic mass is 32.1. The molecule has 2 heterocycles. The van der Waals surface area contributed by atoms with E-state index in [1.807, 2.05) is 34.8 Å². The number of hydrogen-bond donors (Lipinski definition) is 1. The summed E-state index contributed by atoms with van der Waals surface area (Å²) in [6, 6.07) is 3.69. The van der Waals surface area contributed by atoms with Crippen molar-refractivity contribution in [1.29, 1.82) is 0 Å². The summed E-state index contributed by atoms with van der Waals surface area (Å²) in [4.78, 5) is 12.2. The van der Waals surface area contributed by atoms with Gasteiger partial charge in [0.2, 0.25) is 0 Å². The molecule has 1 aromatic heterocycles. The van der Waals surface area contributed by atoms with Crippen molar-refractivity contribution in [2.24, 2.45) is 0 Å². The highest BCUT2D eigenvalue weighted by Crippen LogP contribution is 2.09. The topological polar surface area (TPSA) is 32.3 Å². The fourth-order valence-corrected chi connectivity index (χ4v) is 1.79. The number of thiophene rings is 1. The smallest absolute Gasteiger partial charge is 0.279 e. The van der Waals surface area contributed by atoms with Crippen molar-refractivity contribution in [3.63, 3.8) is 0 Å². The molecule has 1 N–H and O–H groups in total. The Bertz CT molecular complexity index is 318. The first-order chi connectivity index (χ1) is 6.36. The maximum Gasteiger partial charge on any atom is 0.279 e. The normalized spacial score (nSPS) is 14.9. The van der Waals surface area contributed by atoms with E-state index in [1.54, 1.807) is 0 Å². The number of carbonyl (C=O) groups excluding carboxylic acids is 1. The molecule has 4 heteroatoms. The number of hydrogen-bond acceptors (Lipinski definition) is 3. The van der Waals surface area contributed by atoms with Crippen LogP contribution in [0.1, 0.15) is 16.1 Å². The van der Waals surface area contributed by atoms with Gasteiger partial charge in [-0.25, -0.2) is 0 Å². The second-order valence-electron chi connectivity index (χ2n) is 2.79. The molecule has 1 aromatic rings. The maximum absolute atomic E-state index is 11.5. The van der Waals surface area contributed by atoms with Crippen molar-refractivity contribution in [1.82, 2.24) is 10.4 Å². The molecule has 0 unspecified atom stereocenters. The lowest BCUT2D eigenvalue weighted by Gasteiger charge is -2.15. The van der Waals surface area contributed by atoms with Gasteiger partial charge in [-0.2, -0.15) is 0 Å². The molecule has 0 radical (unpaired) electrons. The number of hydrazine groups is 1. The SMILES string of the molecule is O=C(NN1C=CCC1)c1cccs1. The second-order valence-corrected chi connectivity index (χ2v) is 3.73. The predicted molar refractivity (Wildman–Crippen MR) is 52.2 cm³/mol. The van der Waals surface area contributed by atoms with E-state index in [4.69, 9.17) is 0 Å². The van der Waals surface area contributed by atoms with Crippen molar-refractivity contribution in [3.05, 3.63) is 34.7 Å². The summed E-state index contributed by atoms with van der Waals surface area (Å²) in [6.07, 6.45) is 4.94. The Labute approximate surface area is 80.6 Å². The third-order valence-corrected chi connectivity index (χ3v) is 2.68. The van der Waals surface area contributed by atoms with Crippen LogP contribution in [-0.4, -0.2) is 17.5 Å². The van der Waals surface area contributed by atoms with Crippen molar-refractivity contribution in [2.75, 3.05) is 6.54 Å². The van der Waals surface area contributed by atoms with E-state index < -0.39 is 0 Å². The number of carbonyl (C=O) groups is 1. The standard InChI is InChI=1S/C9H10N2OS/c12-9(8-4-3-7-13-8)10-11-5-1-2-6-11/h1,3-5,7H,2,6H2,(H,10,12). The van der Waals surface area contributed by atoms with E-state index in [1.165, 1.54) is 11.3 Å². The van der Waals surface area contributed by atoms with Crippen LogP contribution in [0.4, 0.5) is 0 Å². The monoisotopic (exact) mass is 194 g/mol. The predicted octanol–water partition coefficient (Wildman–Crippen LogP) is 1.61. The lowest BCUT2D eigenvalue weighted by atomic mass is 10.4. The second kappa shape index (κ2) is 3.62. The van der Waals surface area contributed by atoms with Gasteiger partial charge in [-0.15, -0.1) is 11.3 Å². The Kier molecular flexibility index (Phi) is 2.31. The third kappa shape index (κ3) is 1.89. The maximum atomic E-state index is 11.5. The summed E-state index contributed by atoms with van der Waals surface area (Å²) in [7, 11) is 0. The Hall–Kier alpha value is -1.29. The largest absolute Gasteiger partial charge is 0.293 e. The van der Waals surface area contributed by atoms with Gasteiger partial charge in [0.25, 0.3) is 5.91 Å². The van der Waals surface area contributed by atoms with E-state index in [2.05, 4.69) is 5.43 Å². The van der Waals surface area contributed by atoms with Crippen molar-refractivity contribution in [2.45, 2.75) is 6.42 Å². The zero-order chi connectivity index (χ0) is 9.10. The molecule has 0 spiro atoms. The molecule has 0 atom stereocenters. The van der Waals surface area contributed by atoms with Gasteiger partial charge in [-0.05, 0) is 17.9 Å². The average molecular weight is 194 g/mol. The molecule has 0 fully saturated rings. The van der Waals surface area contributed by atoms with Crippen molar-refractivity contribution < 1.29 is 4.79 Å². The van der Waals surface area contributed by atoms with E-state index in [-0.39, 0.29) is 5.91 Å². The van der Waals surface area contributed by atoms with Gasteiger partial charge in [0.05, 0.1) is 4.88 Å². The molecule has 68 valence electrons. The minimum Gasteiger partial charge on any atom is -0.293 e. The van der Waals surface area contributed by atoms with E-state index >= 15 is 0 Å². The Morgan fingerprint density at radius 3 is 3.15 bits per heavy atom. The minimum atomic E-state index is -0.0263. The first-order valence-corrected chi connectivity index (χ1v) is 5.02. The number of amides is 1. The van der Waals surface area contributed by atoms with E-state index in [0.29, 0.717) is 0 Å². The molecule has 0 saturated carbocycles. The van der Waals surface area contributed by atoms with Gasteiger partial charge in [-0.3, -0.25) is 15.2 Å². The molecule has 1 amide bonds. The molecule has 0 aliphatic carbocycles. The number of nitrogens with one attached hydrogen (secondary N) is 1. The summed E-state index contributed by atoms with van der Waals surface area (Å²) in [5.74, 6) is -0.0263. The Morgan fingerprint density at radius 1 is 1.62 bits per heavy atom. The third-order valence-electron chi connectivity index (χ3n) is 1.81. The average Bonchev–Trinajstić information content (AvgIpc) is 2.74. The van der Waals surface area contributed by atoms with Crippen molar-refractivity contribution >= 4 is 17.2 Å². The summed E-state index contributed by atoms with van der Waals surface area (Å²) in [5.41, 5.74) is 2.80. The zero-order valence-corrected chi connectivity index (χ0v) is 7.88. The van der Waals surface area contributed by atoms with Crippen LogP contribution in [0.2, 0.25) is 0 Å². The first kappa shape index (κ1) is 8.31. The van der Waals surface area contributed by atoms with Crippen LogP contribution in [0.25, 0.3) is 0 Å². The molecular weight excluding hydrogens is 184 g/mol. The van der Waals surface area contributed by atoms with E-state index in [0.717, 1.165) is 17.8 Å². The first-order valence-electron chi connectivity index (χ1n) is 4.14. The number of nitrogens with zero attached hydrogens (tertiary/aromatic N) is 1. The molecule has 0 saturated heterocycles. The molecule has 1 aliphatic heterocycles. The van der Waals surface area contributed by atoms with Crippen LogP contribution < -0.4 is 5.43 Å². The number of rotatable bonds is 2.